The van der Waals surface area contributed by atoms with E-state index in [1.54, 1.807) is 0 Å². The molecule has 4 N–H and O–H groups in total. The SMILES string of the molecule is Cc1ccc(C(=O)NCCCCCCC(C)C)c(NN)c1. The first-order valence-corrected chi connectivity index (χ1v) is 7.90. The maximum absolute atomic E-state index is 12.1. The number of carbonyl (C=O) groups is 1. The third kappa shape index (κ3) is 6.63. The fourth-order valence-electron chi connectivity index (χ4n) is 2.30. The number of hydrogen-bond donors (Lipinski definition) is 3. The zero-order valence-corrected chi connectivity index (χ0v) is 13.5. The van der Waals surface area contributed by atoms with E-state index in [1.165, 1.54) is 25.7 Å². The second-order valence-corrected chi connectivity index (χ2v) is 6.05. The normalized spacial score (nSPS) is 10.7. The van der Waals surface area contributed by atoms with Gasteiger partial charge in [0.1, 0.15) is 0 Å². The topological polar surface area (TPSA) is 67.2 Å². The van der Waals surface area contributed by atoms with Gasteiger partial charge in [0.05, 0.1) is 11.3 Å². The second-order valence-electron chi connectivity index (χ2n) is 6.05. The molecule has 1 rings (SSSR count). The summed E-state index contributed by atoms with van der Waals surface area (Å²) in [5.74, 6) is 6.18. The number of nitrogens with one attached hydrogen (secondary N) is 2. The number of hydrogen-bond acceptors (Lipinski definition) is 3. The Morgan fingerprint density at radius 3 is 2.57 bits per heavy atom. The quantitative estimate of drug-likeness (QED) is 0.370. The molecule has 0 aliphatic carbocycles. The number of nitrogens with two attached hydrogens (primary N) is 1. The van der Waals surface area contributed by atoms with Gasteiger partial charge in [0.15, 0.2) is 0 Å². The smallest absolute Gasteiger partial charge is 0.253 e. The summed E-state index contributed by atoms with van der Waals surface area (Å²) in [5.41, 5.74) is 4.93. The second kappa shape index (κ2) is 9.40. The van der Waals surface area contributed by atoms with Crippen LogP contribution in [0.2, 0.25) is 0 Å². The molecular formula is C17H29N3O. The third-order valence-electron chi connectivity index (χ3n) is 3.57. The molecule has 1 aromatic rings. The molecule has 4 nitrogen and oxygen atoms in total. The van der Waals surface area contributed by atoms with Gasteiger partial charge in [-0.05, 0) is 37.0 Å². The van der Waals surface area contributed by atoms with E-state index >= 15 is 0 Å². The van der Waals surface area contributed by atoms with Crippen molar-refractivity contribution in [3.05, 3.63) is 29.3 Å². The van der Waals surface area contributed by atoms with Crippen LogP contribution in [0.4, 0.5) is 5.69 Å². The number of aryl methyl sites for hydroxylation is 1. The van der Waals surface area contributed by atoms with Gasteiger partial charge in [-0.15, -0.1) is 0 Å². The molecule has 1 aromatic carbocycles. The molecule has 0 aliphatic rings. The molecule has 0 saturated heterocycles. The standard InChI is InChI=1S/C17H29N3O/c1-13(2)8-6-4-5-7-11-19-17(21)15-10-9-14(3)12-16(15)20-18/h9-10,12-13,20H,4-8,11,18H2,1-3H3,(H,19,21). The number of nitrogen functional groups attached to an aromatic ring is 1. The summed E-state index contributed by atoms with van der Waals surface area (Å²) in [5, 5.41) is 2.96. The molecule has 0 bridgehead atoms. The molecule has 4 heteroatoms. The first-order chi connectivity index (χ1) is 10.0. The third-order valence-corrected chi connectivity index (χ3v) is 3.57. The number of benzene rings is 1. The minimum atomic E-state index is -0.0647. The Morgan fingerprint density at radius 1 is 1.19 bits per heavy atom. The number of rotatable bonds is 9. The highest BCUT2D eigenvalue weighted by Gasteiger charge is 2.10. The van der Waals surface area contributed by atoms with Gasteiger partial charge < -0.3 is 10.7 Å². The van der Waals surface area contributed by atoms with Gasteiger partial charge >= 0.3 is 0 Å². The van der Waals surface area contributed by atoms with E-state index in [9.17, 15) is 4.79 Å². The van der Waals surface area contributed by atoms with E-state index in [4.69, 9.17) is 5.84 Å². The molecule has 0 heterocycles. The molecule has 118 valence electrons. The fraction of sp³-hybridized carbons (Fsp3) is 0.588. The first kappa shape index (κ1) is 17.5. The molecular weight excluding hydrogens is 262 g/mol. The summed E-state index contributed by atoms with van der Waals surface area (Å²) in [6.45, 7) is 7.20. The van der Waals surface area contributed by atoms with E-state index < -0.39 is 0 Å². The molecule has 0 unspecified atom stereocenters. The van der Waals surface area contributed by atoms with Crippen LogP contribution in [0.5, 0.6) is 0 Å². The molecule has 0 aliphatic heterocycles. The summed E-state index contributed by atoms with van der Waals surface area (Å²) in [4.78, 5) is 12.1. The number of hydrazine groups is 1. The van der Waals surface area contributed by atoms with Crippen LogP contribution in [0.25, 0.3) is 0 Å². The highest BCUT2D eigenvalue weighted by Crippen LogP contribution is 2.16. The van der Waals surface area contributed by atoms with Gasteiger partial charge in [-0.25, -0.2) is 0 Å². The Labute approximate surface area is 128 Å². The van der Waals surface area contributed by atoms with E-state index in [-0.39, 0.29) is 5.91 Å². The van der Waals surface area contributed by atoms with Crippen LogP contribution >= 0.6 is 0 Å². The highest BCUT2D eigenvalue weighted by atomic mass is 16.1. The fourth-order valence-corrected chi connectivity index (χ4v) is 2.30. The average molecular weight is 291 g/mol. The van der Waals surface area contributed by atoms with E-state index in [0.29, 0.717) is 11.3 Å². The lowest BCUT2D eigenvalue weighted by atomic mass is 10.0. The Balaban J connectivity index is 2.28. The van der Waals surface area contributed by atoms with Crippen LogP contribution in [0.15, 0.2) is 18.2 Å². The Hall–Kier alpha value is -1.55. The molecule has 1 amide bonds. The van der Waals surface area contributed by atoms with Crippen LogP contribution in [0.3, 0.4) is 0 Å². The van der Waals surface area contributed by atoms with Gasteiger partial charge in [-0.3, -0.25) is 10.6 Å². The van der Waals surface area contributed by atoms with Gasteiger partial charge in [0.2, 0.25) is 0 Å². The van der Waals surface area contributed by atoms with E-state index in [1.807, 2.05) is 25.1 Å². The minimum Gasteiger partial charge on any atom is -0.352 e. The van der Waals surface area contributed by atoms with Gasteiger partial charge in [-0.1, -0.05) is 45.6 Å². The Kier molecular flexibility index (Phi) is 7.83. The monoisotopic (exact) mass is 291 g/mol. The van der Waals surface area contributed by atoms with Crippen LogP contribution < -0.4 is 16.6 Å². The highest BCUT2D eigenvalue weighted by molar-refractivity contribution is 5.99. The van der Waals surface area contributed by atoms with Crippen molar-refractivity contribution in [3.8, 4) is 0 Å². The summed E-state index contributed by atoms with van der Waals surface area (Å²) in [6, 6.07) is 5.60. The van der Waals surface area contributed by atoms with Crippen molar-refractivity contribution in [3.63, 3.8) is 0 Å². The molecule has 0 radical (unpaired) electrons. The predicted octanol–water partition coefficient (Wildman–Crippen LogP) is 3.62. The lowest BCUT2D eigenvalue weighted by molar-refractivity contribution is 0.0953. The first-order valence-electron chi connectivity index (χ1n) is 7.90. The van der Waals surface area contributed by atoms with Crippen LogP contribution in [0.1, 0.15) is 61.9 Å². The van der Waals surface area contributed by atoms with Crippen LogP contribution in [0, 0.1) is 12.8 Å². The maximum Gasteiger partial charge on any atom is 0.253 e. The Bertz CT molecular complexity index is 444. The molecule has 21 heavy (non-hydrogen) atoms. The van der Waals surface area contributed by atoms with Crippen molar-refractivity contribution in [2.24, 2.45) is 11.8 Å². The van der Waals surface area contributed by atoms with Gasteiger partial charge in [0.25, 0.3) is 5.91 Å². The van der Waals surface area contributed by atoms with Crippen molar-refractivity contribution in [1.82, 2.24) is 5.32 Å². The molecule has 0 atom stereocenters. The predicted molar refractivity (Wildman–Crippen MR) is 89.2 cm³/mol. The number of carbonyl (C=O) groups excluding carboxylic acids is 1. The summed E-state index contributed by atoms with van der Waals surface area (Å²) in [6.07, 6.45) is 6.02. The van der Waals surface area contributed by atoms with Crippen molar-refractivity contribution in [2.45, 2.75) is 52.9 Å². The summed E-state index contributed by atoms with van der Waals surface area (Å²) in [7, 11) is 0. The van der Waals surface area contributed by atoms with Crippen molar-refractivity contribution in [2.75, 3.05) is 12.0 Å². The van der Waals surface area contributed by atoms with E-state index in [0.717, 1.165) is 24.4 Å². The minimum absolute atomic E-state index is 0.0647. The average Bonchev–Trinajstić information content (AvgIpc) is 2.45. The van der Waals surface area contributed by atoms with Crippen molar-refractivity contribution < 1.29 is 4.79 Å². The zero-order valence-electron chi connectivity index (χ0n) is 13.5. The number of amides is 1. The van der Waals surface area contributed by atoms with Crippen molar-refractivity contribution in [1.29, 1.82) is 0 Å². The largest absolute Gasteiger partial charge is 0.352 e. The van der Waals surface area contributed by atoms with Gasteiger partial charge in [-0.2, -0.15) is 0 Å². The molecule has 0 saturated carbocycles. The molecule has 0 aromatic heterocycles. The molecule has 0 fully saturated rings. The van der Waals surface area contributed by atoms with Crippen LogP contribution in [-0.4, -0.2) is 12.5 Å². The van der Waals surface area contributed by atoms with Crippen molar-refractivity contribution >= 4 is 11.6 Å². The molecule has 0 spiro atoms. The summed E-state index contributed by atoms with van der Waals surface area (Å²) >= 11 is 0. The number of unbranched alkanes of at least 4 members (excludes halogenated alkanes) is 3. The van der Waals surface area contributed by atoms with Gasteiger partial charge in [0, 0.05) is 6.54 Å². The summed E-state index contributed by atoms with van der Waals surface area (Å²) < 4.78 is 0. The lowest BCUT2D eigenvalue weighted by Gasteiger charge is -2.10. The zero-order chi connectivity index (χ0) is 15.7. The van der Waals surface area contributed by atoms with Crippen LogP contribution in [-0.2, 0) is 0 Å². The lowest BCUT2D eigenvalue weighted by Crippen LogP contribution is -2.26. The number of anilines is 1. The maximum atomic E-state index is 12.1. The van der Waals surface area contributed by atoms with E-state index in [2.05, 4.69) is 24.6 Å². The Morgan fingerprint density at radius 2 is 1.90 bits per heavy atom.